The van der Waals surface area contributed by atoms with Crippen LogP contribution < -0.4 is 4.74 Å². The molecule has 2 aromatic heterocycles. The molecule has 0 unspecified atom stereocenters. The number of hydrogen-bond donors (Lipinski definition) is 0. The zero-order valence-electron chi connectivity index (χ0n) is 13.7. The molecule has 7 heteroatoms. The average molecular weight is 345 g/mol. The Balaban J connectivity index is 1.72. The monoisotopic (exact) mass is 345 g/mol. The molecule has 0 radical (unpaired) electrons. The Morgan fingerprint density at radius 1 is 1.29 bits per heavy atom. The van der Waals surface area contributed by atoms with Gasteiger partial charge in [-0.05, 0) is 17.7 Å². The van der Waals surface area contributed by atoms with Crippen LogP contribution in [0.15, 0.2) is 35.6 Å². The number of carbonyl (C=O) groups is 1. The van der Waals surface area contributed by atoms with Gasteiger partial charge in [0.15, 0.2) is 0 Å². The normalized spacial score (nSPS) is 14.6. The lowest BCUT2D eigenvalue weighted by molar-refractivity contribution is 0.0594. The van der Waals surface area contributed by atoms with Crippen LogP contribution >= 0.6 is 11.8 Å². The number of fused-ring (bicyclic) bond motifs is 1. The maximum atomic E-state index is 11.4. The van der Waals surface area contributed by atoms with Gasteiger partial charge in [0, 0.05) is 37.1 Å². The van der Waals surface area contributed by atoms with Crippen molar-refractivity contribution in [3.8, 4) is 5.75 Å². The summed E-state index contributed by atoms with van der Waals surface area (Å²) in [5, 5.41) is 1.07. The highest BCUT2D eigenvalue weighted by Gasteiger charge is 2.17. The van der Waals surface area contributed by atoms with Gasteiger partial charge < -0.3 is 9.47 Å². The predicted molar refractivity (Wildman–Crippen MR) is 91.2 cm³/mol. The van der Waals surface area contributed by atoms with E-state index in [0.29, 0.717) is 5.69 Å². The number of methoxy groups -OCH3 is 2. The summed E-state index contributed by atoms with van der Waals surface area (Å²) in [6.07, 6.45) is 3.49. The maximum Gasteiger partial charge on any atom is 0.356 e. The fourth-order valence-electron chi connectivity index (χ4n) is 2.56. The topological polar surface area (TPSA) is 64.5 Å². The fraction of sp³-hybridized carbons (Fsp3) is 0.353. The Morgan fingerprint density at radius 3 is 2.88 bits per heavy atom. The largest absolute Gasteiger partial charge is 0.495 e. The number of ether oxygens (including phenoxy) is 2. The number of nitrogens with zero attached hydrogens (tertiary/aromatic N) is 3. The van der Waals surface area contributed by atoms with Crippen molar-refractivity contribution >= 4 is 17.7 Å². The minimum atomic E-state index is -0.417. The van der Waals surface area contributed by atoms with Gasteiger partial charge in [-0.25, -0.2) is 14.8 Å². The molecule has 0 fully saturated rings. The summed E-state index contributed by atoms with van der Waals surface area (Å²) in [4.78, 5) is 22.4. The quantitative estimate of drug-likeness (QED) is 0.788. The highest BCUT2D eigenvalue weighted by molar-refractivity contribution is 7.99. The standard InChI is InChI=1S/C17H19N3O3S/c1-22-14-7-13-11-20(5-6-24-16(13)19-9-14)10-12-3-4-15(18-8-12)17(21)23-2/h3-4,7-9H,5-6,10-11H2,1-2H3. The summed E-state index contributed by atoms with van der Waals surface area (Å²) in [7, 11) is 3.01. The van der Waals surface area contributed by atoms with Crippen molar-refractivity contribution in [1.82, 2.24) is 14.9 Å². The molecule has 0 spiro atoms. The number of esters is 1. The van der Waals surface area contributed by atoms with Gasteiger partial charge in [0.05, 0.1) is 20.4 Å². The van der Waals surface area contributed by atoms with Crippen LogP contribution in [0.3, 0.4) is 0 Å². The first-order valence-corrected chi connectivity index (χ1v) is 8.59. The summed E-state index contributed by atoms with van der Waals surface area (Å²) < 4.78 is 9.95. The third-order valence-electron chi connectivity index (χ3n) is 3.80. The Labute approximate surface area is 145 Å². The van der Waals surface area contributed by atoms with E-state index in [-0.39, 0.29) is 0 Å². The predicted octanol–water partition coefficient (Wildman–Crippen LogP) is 2.38. The first kappa shape index (κ1) is 16.7. The molecule has 0 saturated heterocycles. The summed E-state index contributed by atoms with van der Waals surface area (Å²) in [6, 6.07) is 5.67. The van der Waals surface area contributed by atoms with Crippen molar-refractivity contribution in [2.75, 3.05) is 26.5 Å². The molecule has 0 saturated carbocycles. The zero-order valence-corrected chi connectivity index (χ0v) is 14.5. The second-order valence-corrected chi connectivity index (χ2v) is 6.53. The summed E-state index contributed by atoms with van der Waals surface area (Å²) in [5.74, 6) is 1.35. The molecule has 24 heavy (non-hydrogen) atoms. The van der Waals surface area contributed by atoms with Gasteiger partial charge in [0.2, 0.25) is 0 Å². The van der Waals surface area contributed by atoms with Crippen LogP contribution in [0.5, 0.6) is 5.75 Å². The zero-order chi connectivity index (χ0) is 16.9. The smallest absolute Gasteiger partial charge is 0.356 e. The van der Waals surface area contributed by atoms with Crippen LogP contribution in [0.4, 0.5) is 0 Å². The van der Waals surface area contributed by atoms with Crippen LogP contribution in [-0.2, 0) is 17.8 Å². The minimum Gasteiger partial charge on any atom is -0.495 e. The molecule has 126 valence electrons. The van der Waals surface area contributed by atoms with Crippen LogP contribution in [0, 0.1) is 0 Å². The molecule has 0 bridgehead atoms. The lowest BCUT2D eigenvalue weighted by Crippen LogP contribution is -2.24. The first-order chi connectivity index (χ1) is 11.7. The Bertz CT molecular complexity index is 722. The van der Waals surface area contributed by atoms with Gasteiger partial charge in [-0.1, -0.05) is 6.07 Å². The van der Waals surface area contributed by atoms with E-state index in [0.717, 1.165) is 41.7 Å². The van der Waals surface area contributed by atoms with Gasteiger partial charge >= 0.3 is 5.97 Å². The molecule has 3 heterocycles. The Kier molecular flexibility index (Phi) is 5.32. The SMILES string of the molecule is COC(=O)c1ccc(CN2CCSc3ncc(OC)cc3C2)cn1. The summed E-state index contributed by atoms with van der Waals surface area (Å²) >= 11 is 1.77. The second-order valence-electron chi connectivity index (χ2n) is 5.44. The summed E-state index contributed by atoms with van der Waals surface area (Å²) in [5.41, 5.74) is 2.56. The van der Waals surface area contributed by atoms with Gasteiger partial charge in [-0.3, -0.25) is 4.90 Å². The number of rotatable bonds is 4. The highest BCUT2D eigenvalue weighted by atomic mass is 32.2. The number of carbonyl (C=O) groups excluding carboxylic acids is 1. The molecule has 0 aliphatic carbocycles. The van der Waals surface area contributed by atoms with E-state index in [1.54, 1.807) is 37.3 Å². The van der Waals surface area contributed by atoms with E-state index in [9.17, 15) is 4.79 Å². The molecule has 6 nitrogen and oxygen atoms in total. The first-order valence-electron chi connectivity index (χ1n) is 7.61. The molecule has 3 rings (SSSR count). The molecule has 2 aromatic rings. The molecule has 0 atom stereocenters. The van der Waals surface area contributed by atoms with Crippen molar-refractivity contribution in [2.24, 2.45) is 0 Å². The van der Waals surface area contributed by atoms with E-state index in [1.165, 1.54) is 12.7 Å². The van der Waals surface area contributed by atoms with Crippen LogP contribution in [0.25, 0.3) is 0 Å². The number of thioether (sulfide) groups is 1. The molecule has 0 aromatic carbocycles. The van der Waals surface area contributed by atoms with Crippen LogP contribution in [0.1, 0.15) is 21.6 Å². The highest BCUT2D eigenvalue weighted by Crippen LogP contribution is 2.28. The van der Waals surface area contributed by atoms with Gasteiger partial charge in [-0.15, -0.1) is 11.8 Å². The van der Waals surface area contributed by atoms with E-state index in [1.807, 2.05) is 12.1 Å². The van der Waals surface area contributed by atoms with Crippen molar-refractivity contribution in [3.63, 3.8) is 0 Å². The van der Waals surface area contributed by atoms with Crippen LogP contribution in [-0.4, -0.2) is 47.4 Å². The lowest BCUT2D eigenvalue weighted by atomic mass is 10.2. The molecule has 1 aliphatic rings. The lowest BCUT2D eigenvalue weighted by Gasteiger charge is -2.20. The minimum absolute atomic E-state index is 0.326. The Morgan fingerprint density at radius 2 is 2.17 bits per heavy atom. The summed E-state index contributed by atoms with van der Waals surface area (Å²) in [6.45, 7) is 2.54. The maximum absolute atomic E-state index is 11.4. The van der Waals surface area contributed by atoms with Crippen molar-refractivity contribution < 1.29 is 14.3 Å². The van der Waals surface area contributed by atoms with Gasteiger partial charge in [0.25, 0.3) is 0 Å². The molecular formula is C17H19N3O3S. The molecule has 0 N–H and O–H groups in total. The van der Waals surface area contributed by atoms with Crippen LogP contribution in [0.2, 0.25) is 0 Å². The molecular weight excluding hydrogens is 326 g/mol. The van der Waals surface area contributed by atoms with E-state index in [4.69, 9.17) is 4.74 Å². The van der Waals surface area contributed by atoms with Gasteiger partial charge in [-0.2, -0.15) is 0 Å². The third kappa shape index (κ3) is 3.85. The van der Waals surface area contributed by atoms with Gasteiger partial charge in [0.1, 0.15) is 16.5 Å². The third-order valence-corrected chi connectivity index (χ3v) is 4.83. The van der Waals surface area contributed by atoms with E-state index in [2.05, 4.69) is 19.6 Å². The van der Waals surface area contributed by atoms with Crippen molar-refractivity contribution in [1.29, 1.82) is 0 Å². The number of pyridine rings is 2. The second kappa shape index (κ2) is 7.63. The number of aromatic nitrogens is 2. The molecule has 1 aliphatic heterocycles. The van der Waals surface area contributed by atoms with E-state index < -0.39 is 5.97 Å². The van der Waals surface area contributed by atoms with Crippen molar-refractivity contribution in [2.45, 2.75) is 18.1 Å². The van der Waals surface area contributed by atoms with Crippen molar-refractivity contribution in [3.05, 3.63) is 47.4 Å². The van der Waals surface area contributed by atoms with E-state index >= 15 is 0 Å². The Hall–Kier alpha value is -2.12. The number of hydrogen-bond acceptors (Lipinski definition) is 7. The molecule has 0 amide bonds. The average Bonchev–Trinajstić information content (AvgIpc) is 2.82. The fourth-order valence-corrected chi connectivity index (χ4v) is 3.54.